The maximum Gasteiger partial charge on any atom is 0.407 e. The molecule has 0 unspecified atom stereocenters. The summed E-state index contributed by atoms with van der Waals surface area (Å²) < 4.78 is 5.34. The van der Waals surface area contributed by atoms with Crippen molar-refractivity contribution >= 4 is 35.0 Å². The zero-order valence-corrected chi connectivity index (χ0v) is 25.5. The molecule has 0 saturated heterocycles. The molecule has 0 heterocycles. The summed E-state index contributed by atoms with van der Waals surface area (Å²) in [4.78, 5) is 25.6. The molecule has 0 aliphatic carbocycles. The number of rotatable bonds is 14. The first-order valence-corrected chi connectivity index (χ1v) is 14.8. The number of carbonyl (C=O) groups excluding carboxylic acids is 2. The predicted molar refractivity (Wildman–Crippen MR) is 173 cm³/mol. The molecule has 3 rings (SSSR count). The minimum atomic E-state index is -0.570. The monoisotopic (exact) mass is 589 g/mol. The highest BCUT2D eigenvalue weighted by atomic mass is 32.1. The van der Waals surface area contributed by atoms with Crippen LogP contribution in [0.2, 0.25) is 0 Å². The smallest absolute Gasteiger partial charge is 0.407 e. The van der Waals surface area contributed by atoms with Crippen molar-refractivity contribution < 1.29 is 14.3 Å². The molecule has 3 aromatic carbocycles. The Bertz CT molecular complexity index is 1240. The van der Waals surface area contributed by atoms with E-state index in [2.05, 4.69) is 38.7 Å². The predicted octanol–water partition coefficient (Wildman–Crippen LogP) is 5.16. The van der Waals surface area contributed by atoms with Crippen LogP contribution in [-0.4, -0.2) is 47.9 Å². The molecule has 0 saturated carbocycles. The summed E-state index contributed by atoms with van der Waals surface area (Å²) in [5.74, 6) is -0.0980. The van der Waals surface area contributed by atoms with Crippen molar-refractivity contribution in [1.82, 2.24) is 21.3 Å². The van der Waals surface area contributed by atoms with Crippen molar-refractivity contribution in [3.63, 3.8) is 0 Å². The van der Waals surface area contributed by atoms with E-state index in [1.54, 1.807) is 0 Å². The molecule has 8 nitrogen and oxygen atoms in total. The van der Waals surface area contributed by atoms with E-state index in [-0.39, 0.29) is 11.9 Å². The standard InChI is InChI=1S/C33H43N5O3S/c1-33(2,3)41-32(40)34-21-13-20-29(30(39)35-23-26-16-9-5-10-17-26)37-28(22-25-14-7-4-8-15-25)24-36-31(42)38-27-18-11-6-12-19-27/h4-12,14-19,28-29,37H,13,20-24H2,1-3H3,(H,34,40)(H,35,39)(H2,36,38,42)/t28-,29+/m1/s1. The van der Waals surface area contributed by atoms with Crippen LogP contribution in [0.3, 0.4) is 0 Å². The maximum absolute atomic E-state index is 13.5. The normalized spacial score (nSPS) is 12.5. The molecule has 2 atom stereocenters. The minimum Gasteiger partial charge on any atom is -0.444 e. The van der Waals surface area contributed by atoms with Crippen molar-refractivity contribution in [2.24, 2.45) is 0 Å². The summed E-state index contributed by atoms with van der Waals surface area (Å²) in [5, 5.41) is 16.5. The third-order valence-corrected chi connectivity index (χ3v) is 6.51. The van der Waals surface area contributed by atoms with Gasteiger partial charge in [-0.05, 0) is 75.5 Å². The molecule has 0 fully saturated rings. The number of hydrogen-bond acceptors (Lipinski definition) is 5. The molecule has 0 aliphatic heterocycles. The van der Waals surface area contributed by atoms with E-state index in [4.69, 9.17) is 17.0 Å². The van der Waals surface area contributed by atoms with Gasteiger partial charge in [-0.2, -0.15) is 0 Å². The number of amides is 2. The van der Waals surface area contributed by atoms with Gasteiger partial charge < -0.3 is 31.3 Å². The summed E-state index contributed by atoms with van der Waals surface area (Å²) in [6.45, 7) is 6.81. The summed E-state index contributed by atoms with van der Waals surface area (Å²) in [6, 6.07) is 29.1. The molecule has 0 bridgehead atoms. The van der Waals surface area contributed by atoms with Crippen LogP contribution >= 0.6 is 12.2 Å². The number of thiocarbonyl (C=S) groups is 1. The molecule has 224 valence electrons. The van der Waals surface area contributed by atoms with E-state index in [0.717, 1.165) is 16.8 Å². The first kappa shape index (κ1) is 32.6. The highest BCUT2D eigenvalue weighted by Gasteiger charge is 2.23. The van der Waals surface area contributed by atoms with E-state index in [1.807, 2.05) is 99.6 Å². The van der Waals surface area contributed by atoms with E-state index in [9.17, 15) is 9.59 Å². The summed E-state index contributed by atoms with van der Waals surface area (Å²) in [5.41, 5.74) is 2.50. The molecular weight excluding hydrogens is 546 g/mol. The van der Waals surface area contributed by atoms with Gasteiger partial charge in [0, 0.05) is 31.4 Å². The largest absolute Gasteiger partial charge is 0.444 e. The van der Waals surface area contributed by atoms with Gasteiger partial charge in [-0.3, -0.25) is 4.79 Å². The fourth-order valence-corrected chi connectivity index (χ4v) is 4.50. The number of para-hydroxylation sites is 1. The van der Waals surface area contributed by atoms with E-state index >= 15 is 0 Å². The quantitative estimate of drug-likeness (QED) is 0.131. The summed E-state index contributed by atoms with van der Waals surface area (Å²) >= 11 is 5.55. The number of benzene rings is 3. The van der Waals surface area contributed by atoms with Crippen LogP contribution in [0.25, 0.3) is 0 Å². The number of alkyl carbamates (subject to hydrolysis) is 1. The molecule has 9 heteroatoms. The second kappa shape index (κ2) is 17.1. The molecule has 42 heavy (non-hydrogen) atoms. The third-order valence-electron chi connectivity index (χ3n) is 6.27. The Morgan fingerprint density at radius 3 is 2.02 bits per heavy atom. The molecule has 0 spiro atoms. The Hall–Kier alpha value is -3.95. The molecule has 5 N–H and O–H groups in total. The van der Waals surface area contributed by atoms with Crippen molar-refractivity contribution in [1.29, 1.82) is 0 Å². The molecule has 2 amide bonds. The lowest BCUT2D eigenvalue weighted by molar-refractivity contribution is -0.123. The number of carbonyl (C=O) groups is 2. The fraction of sp³-hybridized carbons (Fsp3) is 0.364. The van der Waals surface area contributed by atoms with Crippen LogP contribution in [0.4, 0.5) is 10.5 Å². The SMILES string of the molecule is CC(C)(C)OC(=O)NCCC[C@H](N[C@@H](CNC(=S)Nc1ccccc1)Cc1ccccc1)C(=O)NCc1ccccc1. The Labute approximate surface area is 255 Å². The van der Waals surface area contributed by atoms with Gasteiger partial charge in [0.05, 0.1) is 6.04 Å². The lowest BCUT2D eigenvalue weighted by Gasteiger charge is -2.27. The van der Waals surface area contributed by atoms with Gasteiger partial charge in [0.1, 0.15) is 5.60 Å². The number of hydrogen-bond donors (Lipinski definition) is 5. The van der Waals surface area contributed by atoms with Gasteiger partial charge >= 0.3 is 6.09 Å². The van der Waals surface area contributed by atoms with Crippen LogP contribution in [0.1, 0.15) is 44.7 Å². The molecule has 0 aliphatic rings. The Morgan fingerprint density at radius 2 is 1.40 bits per heavy atom. The van der Waals surface area contributed by atoms with Gasteiger partial charge in [-0.15, -0.1) is 0 Å². The van der Waals surface area contributed by atoms with E-state index in [0.29, 0.717) is 44.0 Å². The average molecular weight is 590 g/mol. The third kappa shape index (κ3) is 13.1. The number of nitrogens with one attached hydrogen (secondary N) is 5. The van der Waals surface area contributed by atoms with Crippen molar-refractivity contribution in [3.8, 4) is 0 Å². The summed E-state index contributed by atoms with van der Waals surface area (Å²) in [7, 11) is 0. The van der Waals surface area contributed by atoms with Crippen molar-refractivity contribution in [3.05, 3.63) is 102 Å². The average Bonchev–Trinajstić information content (AvgIpc) is 2.97. The fourth-order valence-electron chi connectivity index (χ4n) is 4.29. The van der Waals surface area contributed by atoms with Crippen molar-refractivity contribution in [2.75, 3.05) is 18.4 Å². The highest BCUT2D eigenvalue weighted by Crippen LogP contribution is 2.09. The second-order valence-corrected chi connectivity index (χ2v) is 11.5. The minimum absolute atomic E-state index is 0.0980. The Balaban J connectivity index is 1.66. The Kier molecular flexibility index (Phi) is 13.3. The Morgan fingerprint density at radius 1 is 0.810 bits per heavy atom. The van der Waals surface area contributed by atoms with Crippen LogP contribution in [-0.2, 0) is 22.5 Å². The van der Waals surface area contributed by atoms with Gasteiger partial charge in [-0.1, -0.05) is 78.9 Å². The van der Waals surface area contributed by atoms with Gasteiger partial charge in [-0.25, -0.2) is 4.79 Å². The van der Waals surface area contributed by atoms with Crippen molar-refractivity contribution in [2.45, 2.75) is 64.3 Å². The van der Waals surface area contributed by atoms with Crippen LogP contribution in [0.15, 0.2) is 91.0 Å². The highest BCUT2D eigenvalue weighted by molar-refractivity contribution is 7.80. The van der Waals surface area contributed by atoms with Gasteiger partial charge in [0.2, 0.25) is 5.91 Å². The topological polar surface area (TPSA) is 104 Å². The zero-order chi connectivity index (χ0) is 30.2. The molecular formula is C33H43N5O3S. The van der Waals surface area contributed by atoms with Gasteiger partial charge in [0.15, 0.2) is 5.11 Å². The van der Waals surface area contributed by atoms with E-state index in [1.165, 1.54) is 0 Å². The number of ether oxygens (including phenoxy) is 1. The lowest BCUT2D eigenvalue weighted by Crippen LogP contribution is -2.53. The van der Waals surface area contributed by atoms with Crippen LogP contribution in [0, 0.1) is 0 Å². The molecule has 0 aromatic heterocycles. The zero-order valence-electron chi connectivity index (χ0n) is 24.7. The van der Waals surface area contributed by atoms with Gasteiger partial charge in [0.25, 0.3) is 0 Å². The van der Waals surface area contributed by atoms with E-state index < -0.39 is 17.7 Å². The lowest BCUT2D eigenvalue weighted by atomic mass is 10.0. The summed E-state index contributed by atoms with van der Waals surface area (Å²) in [6.07, 6.45) is 1.34. The second-order valence-electron chi connectivity index (χ2n) is 11.1. The van der Waals surface area contributed by atoms with Crippen LogP contribution in [0.5, 0.6) is 0 Å². The maximum atomic E-state index is 13.5. The number of anilines is 1. The molecule has 3 aromatic rings. The first-order valence-electron chi connectivity index (χ1n) is 14.4. The van der Waals surface area contributed by atoms with Crippen LogP contribution < -0.4 is 26.6 Å². The first-order chi connectivity index (χ1) is 20.2. The molecule has 0 radical (unpaired) electrons.